The molecule has 0 aliphatic carbocycles. The van der Waals surface area contributed by atoms with E-state index in [9.17, 15) is 8.42 Å². The first-order valence-electron chi connectivity index (χ1n) is 3.80. The summed E-state index contributed by atoms with van der Waals surface area (Å²) in [6, 6.07) is 4.81. The summed E-state index contributed by atoms with van der Waals surface area (Å²) in [7, 11) is -3.58. The highest BCUT2D eigenvalue weighted by Gasteiger charge is 2.15. The van der Waals surface area contributed by atoms with E-state index in [0.29, 0.717) is 13.2 Å². The Morgan fingerprint density at radius 1 is 1.23 bits per heavy atom. The van der Waals surface area contributed by atoms with Crippen LogP contribution in [0.25, 0.3) is 0 Å². The van der Waals surface area contributed by atoms with E-state index in [-0.39, 0.29) is 4.90 Å². The molecular formula is C8H9NO3S. The van der Waals surface area contributed by atoms with Crippen molar-refractivity contribution in [2.45, 2.75) is 18.1 Å². The van der Waals surface area contributed by atoms with Crippen LogP contribution in [-0.2, 0) is 28.0 Å². The first-order chi connectivity index (χ1) is 6.07. The zero-order valence-corrected chi connectivity index (χ0v) is 7.67. The van der Waals surface area contributed by atoms with Gasteiger partial charge in [-0.05, 0) is 23.3 Å². The number of hydrogen-bond acceptors (Lipinski definition) is 3. The predicted molar refractivity (Wildman–Crippen MR) is 46.3 cm³/mol. The zero-order chi connectivity index (χ0) is 9.47. The number of benzene rings is 1. The maximum atomic E-state index is 11.0. The molecule has 2 N–H and O–H groups in total. The molecule has 0 spiro atoms. The smallest absolute Gasteiger partial charge is 0.238 e. The Kier molecular flexibility index (Phi) is 1.87. The van der Waals surface area contributed by atoms with Crippen LogP contribution in [0, 0.1) is 0 Å². The Morgan fingerprint density at radius 3 is 2.62 bits per heavy atom. The minimum absolute atomic E-state index is 0.150. The Morgan fingerprint density at radius 2 is 1.92 bits per heavy atom. The summed E-state index contributed by atoms with van der Waals surface area (Å²) in [6.07, 6.45) is 0. The molecule has 1 aromatic carbocycles. The molecule has 1 aliphatic heterocycles. The molecule has 0 saturated heterocycles. The van der Waals surface area contributed by atoms with Crippen LogP contribution in [0.2, 0.25) is 0 Å². The van der Waals surface area contributed by atoms with Crippen molar-refractivity contribution in [3.63, 3.8) is 0 Å². The van der Waals surface area contributed by atoms with Gasteiger partial charge in [-0.25, -0.2) is 13.6 Å². The summed E-state index contributed by atoms with van der Waals surface area (Å²) in [5.41, 5.74) is 1.94. The molecule has 0 fully saturated rings. The summed E-state index contributed by atoms with van der Waals surface area (Å²) >= 11 is 0. The number of hydrogen-bond donors (Lipinski definition) is 1. The van der Waals surface area contributed by atoms with Gasteiger partial charge in [-0.1, -0.05) is 6.07 Å². The van der Waals surface area contributed by atoms with Gasteiger partial charge in [0.25, 0.3) is 0 Å². The van der Waals surface area contributed by atoms with E-state index in [1.54, 1.807) is 12.1 Å². The topological polar surface area (TPSA) is 69.4 Å². The van der Waals surface area contributed by atoms with Gasteiger partial charge < -0.3 is 4.74 Å². The van der Waals surface area contributed by atoms with Crippen molar-refractivity contribution < 1.29 is 13.2 Å². The lowest BCUT2D eigenvalue weighted by atomic mass is 10.1. The van der Waals surface area contributed by atoms with Crippen LogP contribution in [0.3, 0.4) is 0 Å². The van der Waals surface area contributed by atoms with Gasteiger partial charge in [0.05, 0.1) is 18.1 Å². The summed E-state index contributed by atoms with van der Waals surface area (Å²) in [5, 5.41) is 4.98. The van der Waals surface area contributed by atoms with Crippen molar-refractivity contribution in [3.05, 3.63) is 29.3 Å². The zero-order valence-electron chi connectivity index (χ0n) is 6.86. The van der Waals surface area contributed by atoms with Crippen molar-refractivity contribution in [1.29, 1.82) is 0 Å². The van der Waals surface area contributed by atoms with Crippen molar-refractivity contribution in [2.75, 3.05) is 0 Å². The second kappa shape index (κ2) is 2.80. The standard InChI is InChI=1S/C8H9NO3S/c9-13(10,11)8-2-1-6-4-12-5-7(6)3-8/h1-3H,4-5H2,(H2,9,10,11). The third kappa shape index (κ3) is 1.58. The maximum Gasteiger partial charge on any atom is 0.238 e. The van der Waals surface area contributed by atoms with Crippen LogP contribution in [0.15, 0.2) is 23.1 Å². The molecule has 0 amide bonds. The fraction of sp³-hybridized carbons (Fsp3) is 0.250. The molecule has 1 aliphatic rings. The number of rotatable bonds is 1. The van der Waals surface area contributed by atoms with Crippen LogP contribution in [0.5, 0.6) is 0 Å². The average Bonchev–Trinajstić information content (AvgIpc) is 2.47. The van der Waals surface area contributed by atoms with E-state index >= 15 is 0 Å². The minimum atomic E-state index is -3.58. The van der Waals surface area contributed by atoms with Gasteiger partial charge in [-0.3, -0.25) is 0 Å². The van der Waals surface area contributed by atoms with Crippen LogP contribution in [-0.4, -0.2) is 8.42 Å². The van der Waals surface area contributed by atoms with Crippen molar-refractivity contribution in [2.24, 2.45) is 5.14 Å². The molecule has 1 aromatic rings. The van der Waals surface area contributed by atoms with E-state index in [1.807, 2.05) is 0 Å². The number of fused-ring (bicyclic) bond motifs is 1. The van der Waals surface area contributed by atoms with E-state index in [1.165, 1.54) is 6.07 Å². The first kappa shape index (κ1) is 8.68. The van der Waals surface area contributed by atoms with Gasteiger partial charge in [-0.15, -0.1) is 0 Å². The third-order valence-corrected chi connectivity index (χ3v) is 2.93. The average molecular weight is 199 g/mol. The predicted octanol–water partition coefficient (Wildman–Crippen LogP) is 0.364. The van der Waals surface area contributed by atoms with Gasteiger partial charge in [0.15, 0.2) is 0 Å². The highest BCUT2D eigenvalue weighted by atomic mass is 32.2. The molecule has 0 aromatic heterocycles. The second-order valence-electron chi connectivity index (χ2n) is 2.97. The fourth-order valence-electron chi connectivity index (χ4n) is 1.33. The van der Waals surface area contributed by atoms with Gasteiger partial charge in [0.2, 0.25) is 10.0 Å². The largest absolute Gasteiger partial charge is 0.372 e. The number of primary sulfonamides is 1. The van der Waals surface area contributed by atoms with E-state index in [2.05, 4.69) is 0 Å². The van der Waals surface area contributed by atoms with Crippen LogP contribution in [0.4, 0.5) is 0 Å². The third-order valence-electron chi connectivity index (χ3n) is 2.02. The Hall–Kier alpha value is -0.910. The molecule has 4 nitrogen and oxygen atoms in total. The Balaban J connectivity index is 2.54. The molecule has 2 rings (SSSR count). The molecule has 0 atom stereocenters. The van der Waals surface area contributed by atoms with E-state index < -0.39 is 10.0 Å². The summed E-state index contributed by atoms with van der Waals surface area (Å²) in [6.45, 7) is 1.03. The van der Waals surface area contributed by atoms with Gasteiger partial charge in [0, 0.05) is 0 Å². The van der Waals surface area contributed by atoms with Crippen molar-refractivity contribution >= 4 is 10.0 Å². The molecule has 0 bridgehead atoms. The maximum absolute atomic E-state index is 11.0. The molecule has 0 saturated carbocycles. The quantitative estimate of drug-likeness (QED) is 0.710. The Labute approximate surface area is 76.4 Å². The first-order valence-corrected chi connectivity index (χ1v) is 5.34. The SMILES string of the molecule is NS(=O)(=O)c1ccc2c(c1)COC2. The number of sulfonamides is 1. The lowest BCUT2D eigenvalue weighted by molar-refractivity contribution is 0.134. The fourth-order valence-corrected chi connectivity index (χ4v) is 1.89. The lowest BCUT2D eigenvalue weighted by Gasteiger charge is -2.00. The summed E-state index contributed by atoms with van der Waals surface area (Å²) in [5.74, 6) is 0. The Bertz CT molecular complexity index is 439. The molecule has 5 heteroatoms. The summed E-state index contributed by atoms with van der Waals surface area (Å²) in [4.78, 5) is 0.150. The molecule has 70 valence electrons. The highest BCUT2D eigenvalue weighted by Crippen LogP contribution is 2.22. The molecule has 0 radical (unpaired) electrons. The van der Waals surface area contributed by atoms with Crippen LogP contribution < -0.4 is 5.14 Å². The van der Waals surface area contributed by atoms with Crippen molar-refractivity contribution in [1.82, 2.24) is 0 Å². The normalized spacial score (nSPS) is 15.8. The van der Waals surface area contributed by atoms with Crippen molar-refractivity contribution in [3.8, 4) is 0 Å². The van der Waals surface area contributed by atoms with Gasteiger partial charge in [-0.2, -0.15) is 0 Å². The summed E-state index contributed by atoms with van der Waals surface area (Å²) < 4.78 is 27.1. The molecular weight excluding hydrogens is 190 g/mol. The van der Waals surface area contributed by atoms with E-state index in [0.717, 1.165) is 11.1 Å². The van der Waals surface area contributed by atoms with Gasteiger partial charge >= 0.3 is 0 Å². The molecule has 1 heterocycles. The molecule has 13 heavy (non-hydrogen) atoms. The van der Waals surface area contributed by atoms with Gasteiger partial charge in [0.1, 0.15) is 0 Å². The number of ether oxygens (including phenoxy) is 1. The molecule has 0 unspecified atom stereocenters. The monoisotopic (exact) mass is 199 g/mol. The highest BCUT2D eigenvalue weighted by molar-refractivity contribution is 7.89. The van der Waals surface area contributed by atoms with Crippen LogP contribution >= 0.6 is 0 Å². The van der Waals surface area contributed by atoms with E-state index in [4.69, 9.17) is 9.88 Å². The van der Waals surface area contributed by atoms with Crippen LogP contribution in [0.1, 0.15) is 11.1 Å². The number of nitrogens with two attached hydrogens (primary N) is 1. The second-order valence-corrected chi connectivity index (χ2v) is 4.53. The lowest BCUT2D eigenvalue weighted by Crippen LogP contribution is -2.12. The minimum Gasteiger partial charge on any atom is -0.372 e.